The van der Waals surface area contributed by atoms with Gasteiger partial charge in [0.2, 0.25) is 12.7 Å². The molecule has 0 fully saturated rings. The average molecular weight is 488 g/mol. The fourth-order valence-corrected chi connectivity index (χ4v) is 5.64. The monoisotopic (exact) mass is 487 g/mol. The van der Waals surface area contributed by atoms with E-state index in [2.05, 4.69) is 10.3 Å². The molecule has 2 unspecified atom stereocenters. The minimum absolute atomic E-state index is 0.139. The number of ether oxygens (including phenoxy) is 3. The molecule has 2 aliphatic rings. The minimum atomic E-state index is -0.657. The summed E-state index contributed by atoms with van der Waals surface area (Å²) in [5.41, 5.74) is 2.75. The predicted octanol–water partition coefficient (Wildman–Crippen LogP) is 4.58. The van der Waals surface area contributed by atoms with Crippen LogP contribution in [-0.4, -0.2) is 42.6 Å². The van der Waals surface area contributed by atoms with Crippen molar-refractivity contribution in [3.8, 4) is 17.2 Å². The van der Waals surface area contributed by atoms with E-state index in [-0.39, 0.29) is 18.6 Å². The fourth-order valence-electron chi connectivity index (χ4n) is 4.74. The molecular formula is C26H21N3O5S. The Labute approximate surface area is 205 Å². The van der Waals surface area contributed by atoms with Gasteiger partial charge in [0.05, 0.1) is 29.3 Å². The molecule has 8 nitrogen and oxygen atoms in total. The molecule has 0 saturated carbocycles. The van der Waals surface area contributed by atoms with E-state index >= 15 is 0 Å². The number of carbonyl (C=O) groups is 2. The molecule has 2 aliphatic heterocycles. The Morgan fingerprint density at radius 3 is 2.80 bits per heavy atom. The Kier molecular flexibility index (Phi) is 5.07. The molecule has 0 radical (unpaired) electrons. The highest BCUT2D eigenvalue weighted by atomic mass is 32.1. The summed E-state index contributed by atoms with van der Waals surface area (Å²) in [6, 6.07) is 17.8. The van der Waals surface area contributed by atoms with Gasteiger partial charge in [-0.25, -0.2) is 4.98 Å². The predicted molar refractivity (Wildman–Crippen MR) is 131 cm³/mol. The zero-order valence-electron chi connectivity index (χ0n) is 19.0. The van der Waals surface area contributed by atoms with Gasteiger partial charge in [-0.15, -0.1) is 0 Å². The average Bonchev–Trinajstić information content (AvgIpc) is 3.51. The van der Waals surface area contributed by atoms with Crippen LogP contribution in [-0.2, 0) is 4.79 Å². The van der Waals surface area contributed by atoms with Crippen LogP contribution in [0.5, 0.6) is 17.2 Å². The molecule has 6 rings (SSSR count). The minimum Gasteiger partial charge on any atom is -0.497 e. The van der Waals surface area contributed by atoms with Gasteiger partial charge in [0.15, 0.2) is 16.6 Å². The van der Waals surface area contributed by atoms with Gasteiger partial charge in [-0.3, -0.25) is 9.59 Å². The molecule has 0 spiro atoms. The number of rotatable bonds is 4. The maximum absolute atomic E-state index is 13.8. The van der Waals surface area contributed by atoms with Crippen molar-refractivity contribution in [1.29, 1.82) is 0 Å². The van der Waals surface area contributed by atoms with Gasteiger partial charge in [-0.1, -0.05) is 35.6 Å². The first-order chi connectivity index (χ1) is 17.0. The maximum atomic E-state index is 13.8. The normalized spacial score (nSPS) is 18.5. The fraction of sp³-hybridized carbons (Fsp3) is 0.192. The van der Waals surface area contributed by atoms with Crippen molar-refractivity contribution in [2.24, 2.45) is 0 Å². The number of benzene rings is 3. The number of hydrogen-bond acceptors (Lipinski definition) is 7. The Hall–Kier alpha value is -4.11. The third-order valence-corrected chi connectivity index (χ3v) is 7.36. The molecule has 176 valence electrons. The number of aromatic nitrogens is 1. The first kappa shape index (κ1) is 21.4. The summed E-state index contributed by atoms with van der Waals surface area (Å²) in [7, 11) is 3.33. The lowest BCUT2D eigenvalue weighted by Gasteiger charge is -2.39. The van der Waals surface area contributed by atoms with Crippen molar-refractivity contribution in [2.45, 2.75) is 12.0 Å². The molecule has 9 heteroatoms. The molecule has 1 aromatic heterocycles. The van der Waals surface area contributed by atoms with E-state index in [0.29, 0.717) is 27.8 Å². The van der Waals surface area contributed by atoms with Gasteiger partial charge in [-0.05, 0) is 47.5 Å². The van der Waals surface area contributed by atoms with Crippen molar-refractivity contribution >= 4 is 38.5 Å². The molecule has 0 saturated heterocycles. The van der Waals surface area contributed by atoms with Gasteiger partial charge in [0, 0.05) is 12.6 Å². The number of anilines is 1. The number of hydrogen-bond donors (Lipinski definition) is 1. The Morgan fingerprint density at radius 1 is 1.11 bits per heavy atom. The van der Waals surface area contributed by atoms with E-state index < -0.39 is 12.0 Å². The van der Waals surface area contributed by atoms with Crippen LogP contribution in [0, 0.1) is 0 Å². The summed E-state index contributed by atoms with van der Waals surface area (Å²) in [5, 5.41) is 3.49. The van der Waals surface area contributed by atoms with Crippen LogP contribution in [0.4, 0.5) is 5.13 Å². The maximum Gasteiger partial charge on any atom is 0.254 e. The first-order valence-corrected chi connectivity index (χ1v) is 11.9. The second kappa shape index (κ2) is 8.28. The van der Waals surface area contributed by atoms with Gasteiger partial charge >= 0.3 is 0 Å². The summed E-state index contributed by atoms with van der Waals surface area (Å²) in [5.74, 6) is 0.926. The van der Waals surface area contributed by atoms with Crippen LogP contribution in [0.2, 0.25) is 0 Å². The third kappa shape index (κ3) is 3.55. The quantitative estimate of drug-likeness (QED) is 0.453. The van der Waals surface area contributed by atoms with Crippen LogP contribution >= 0.6 is 11.3 Å². The van der Waals surface area contributed by atoms with Crippen molar-refractivity contribution < 1.29 is 23.8 Å². The van der Waals surface area contributed by atoms with Gasteiger partial charge < -0.3 is 24.4 Å². The van der Waals surface area contributed by atoms with Gasteiger partial charge in [0.1, 0.15) is 5.75 Å². The van der Waals surface area contributed by atoms with Crippen molar-refractivity contribution in [3.05, 3.63) is 77.4 Å². The number of likely N-dealkylation sites (N-methyl/N-ethyl adjacent to an activating group) is 1. The highest BCUT2D eigenvalue weighted by Gasteiger charge is 2.43. The van der Waals surface area contributed by atoms with E-state index in [1.165, 1.54) is 11.3 Å². The molecule has 3 aromatic carbocycles. The van der Waals surface area contributed by atoms with E-state index in [9.17, 15) is 9.59 Å². The molecular weight excluding hydrogens is 466 g/mol. The van der Waals surface area contributed by atoms with Crippen LogP contribution in [0.1, 0.15) is 33.4 Å². The van der Waals surface area contributed by atoms with Gasteiger partial charge in [-0.2, -0.15) is 0 Å². The summed E-state index contributed by atoms with van der Waals surface area (Å²) in [4.78, 5) is 33.3. The number of nitrogens with zero attached hydrogens (tertiary/aromatic N) is 2. The molecule has 35 heavy (non-hydrogen) atoms. The largest absolute Gasteiger partial charge is 0.497 e. The number of amides is 2. The lowest BCUT2D eigenvalue weighted by molar-refractivity contribution is -0.119. The summed E-state index contributed by atoms with van der Waals surface area (Å²) >= 11 is 1.37. The number of nitrogens with one attached hydrogen (secondary N) is 1. The molecule has 2 amide bonds. The molecule has 3 heterocycles. The number of carbonyl (C=O) groups excluding carboxylic acids is 2. The van der Waals surface area contributed by atoms with E-state index in [4.69, 9.17) is 14.2 Å². The lowest BCUT2D eigenvalue weighted by atomic mass is 9.79. The second-order valence-electron chi connectivity index (χ2n) is 8.38. The first-order valence-electron chi connectivity index (χ1n) is 11.0. The Morgan fingerprint density at radius 2 is 1.94 bits per heavy atom. The van der Waals surface area contributed by atoms with Crippen LogP contribution in [0.3, 0.4) is 0 Å². The smallest absolute Gasteiger partial charge is 0.254 e. The molecule has 0 bridgehead atoms. The van der Waals surface area contributed by atoms with Crippen molar-refractivity contribution in [1.82, 2.24) is 9.88 Å². The second-order valence-corrected chi connectivity index (χ2v) is 9.41. The summed E-state index contributed by atoms with van der Waals surface area (Å²) < 4.78 is 17.2. The van der Waals surface area contributed by atoms with Crippen LogP contribution < -0.4 is 19.5 Å². The molecule has 0 aliphatic carbocycles. The molecule has 2 atom stereocenters. The summed E-state index contributed by atoms with van der Waals surface area (Å²) in [6.45, 7) is 0.146. The highest BCUT2D eigenvalue weighted by molar-refractivity contribution is 7.22. The van der Waals surface area contributed by atoms with E-state index in [0.717, 1.165) is 21.5 Å². The van der Waals surface area contributed by atoms with Gasteiger partial charge in [0.25, 0.3) is 5.91 Å². The lowest BCUT2D eigenvalue weighted by Crippen LogP contribution is -2.44. The zero-order chi connectivity index (χ0) is 24.1. The summed E-state index contributed by atoms with van der Waals surface area (Å²) in [6.07, 6.45) is 0. The Bertz CT molecular complexity index is 1480. The topological polar surface area (TPSA) is 90.0 Å². The SMILES string of the molecule is COc1ccc2nc(NC(=O)C3c4ccccc4C(=O)N(C)C3c3ccc4c(c3)OCO4)sc2c1. The standard InChI is InChI=1S/C26H21N3O5S/c1-29-23(14-7-10-19-20(11-14)34-13-33-19)22(16-5-3-4-6-17(16)25(29)31)24(30)28-26-27-18-9-8-15(32-2)12-21(18)35-26/h3-12,22-23H,13H2,1-2H3,(H,27,28,30). The van der Waals surface area contributed by atoms with E-state index in [1.54, 1.807) is 31.2 Å². The highest BCUT2D eigenvalue weighted by Crippen LogP contribution is 2.45. The zero-order valence-corrected chi connectivity index (χ0v) is 19.8. The van der Waals surface area contributed by atoms with E-state index in [1.807, 2.05) is 48.5 Å². The van der Waals surface area contributed by atoms with Crippen LogP contribution in [0.25, 0.3) is 10.2 Å². The van der Waals surface area contributed by atoms with Crippen molar-refractivity contribution in [3.63, 3.8) is 0 Å². The molecule has 1 N–H and O–H groups in total. The third-order valence-electron chi connectivity index (χ3n) is 6.43. The number of thiazole rings is 1. The number of methoxy groups -OCH3 is 1. The van der Waals surface area contributed by atoms with Crippen molar-refractivity contribution in [2.75, 3.05) is 26.3 Å². The number of fused-ring (bicyclic) bond motifs is 3. The van der Waals surface area contributed by atoms with Crippen LogP contribution in [0.15, 0.2) is 60.7 Å². The Balaban J connectivity index is 1.41. The molecule has 4 aromatic rings.